The van der Waals surface area contributed by atoms with Crippen LogP contribution in [0.4, 0.5) is 0 Å². The number of aryl methyl sites for hydroxylation is 1. The number of ketones is 1. The van der Waals surface area contributed by atoms with E-state index in [4.69, 9.17) is 4.74 Å². The van der Waals surface area contributed by atoms with Gasteiger partial charge in [0, 0.05) is 0 Å². The van der Waals surface area contributed by atoms with Crippen molar-refractivity contribution in [1.29, 1.82) is 0 Å². The van der Waals surface area contributed by atoms with Crippen molar-refractivity contribution in [2.45, 2.75) is 65.2 Å². The van der Waals surface area contributed by atoms with E-state index in [1.165, 1.54) is 36.8 Å². The molecule has 1 fully saturated rings. The van der Waals surface area contributed by atoms with E-state index in [1.54, 1.807) is 14.0 Å². The molecule has 2 aliphatic carbocycles. The van der Waals surface area contributed by atoms with E-state index in [0.29, 0.717) is 11.3 Å². The largest absolute Gasteiger partial charge is 0.496 e. The maximum atomic E-state index is 12.0. The van der Waals surface area contributed by atoms with Crippen molar-refractivity contribution in [2.75, 3.05) is 7.11 Å². The standard InChI is InChI=1S/C20H28O2/c1-13(21)15-12-16-14(11-17(15)22-5)7-8-18-19(2,3)9-6-10-20(16,18)4/h11-12,18H,6-10H2,1-5H3. The Balaban J connectivity index is 2.17. The molecule has 0 saturated heterocycles. The van der Waals surface area contributed by atoms with Crippen molar-refractivity contribution in [3.05, 3.63) is 28.8 Å². The van der Waals surface area contributed by atoms with Gasteiger partial charge in [-0.25, -0.2) is 0 Å². The molecule has 2 atom stereocenters. The minimum atomic E-state index is 0.0976. The maximum absolute atomic E-state index is 12.0. The SMILES string of the molecule is COc1cc2c(cc1C(C)=O)C1(C)CCCC(C)(C)C1CC2. The molecule has 0 spiro atoms. The monoisotopic (exact) mass is 300 g/mol. The lowest BCUT2D eigenvalue weighted by molar-refractivity contribution is 0.0406. The zero-order chi connectivity index (χ0) is 16.1. The van der Waals surface area contributed by atoms with Crippen molar-refractivity contribution < 1.29 is 9.53 Å². The van der Waals surface area contributed by atoms with Crippen LogP contribution in [0.25, 0.3) is 0 Å². The van der Waals surface area contributed by atoms with Gasteiger partial charge in [0.2, 0.25) is 0 Å². The Bertz CT molecular complexity index is 614. The predicted octanol–water partition coefficient (Wildman–Crippen LogP) is 4.93. The van der Waals surface area contributed by atoms with E-state index in [2.05, 4.69) is 32.9 Å². The van der Waals surface area contributed by atoms with E-state index < -0.39 is 0 Å². The molecular weight excluding hydrogens is 272 g/mol. The Morgan fingerprint density at radius 3 is 2.59 bits per heavy atom. The fourth-order valence-electron chi connectivity index (χ4n) is 5.26. The molecule has 0 aliphatic heterocycles. The average molecular weight is 300 g/mol. The minimum Gasteiger partial charge on any atom is -0.496 e. The quantitative estimate of drug-likeness (QED) is 0.724. The van der Waals surface area contributed by atoms with Crippen LogP contribution in [-0.2, 0) is 11.8 Å². The zero-order valence-electron chi connectivity index (χ0n) is 14.6. The second-order valence-corrected chi connectivity index (χ2v) is 8.12. The molecule has 0 heterocycles. The first-order valence-electron chi connectivity index (χ1n) is 8.52. The van der Waals surface area contributed by atoms with Crippen molar-refractivity contribution in [1.82, 2.24) is 0 Å². The molecule has 1 aromatic rings. The van der Waals surface area contributed by atoms with Gasteiger partial charge in [0.05, 0.1) is 12.7 Å². The summed E-state index contributed by atoms with van der Waals surface area (Å²) in [6, 6.07) is 4.26. The smallest absolute Gasteiger partial charge is 0.163 e. The van der Waals surface area contributed by atoms with Gasteiger partial charge < -0.3 is 4.74 Å². The third-order valence-corrected chi connectivity index (χ3v) is 6.35. The molecule has 2 unspecified atom stereocenters. The minimum absolute atomic E-state index is 0.0976. The van der Waals surface area contributed by atoms with Crippen LogP contribution in [0.2, 0.25) is 0 Å². The molecule has 120 valence electrons. The highest BCUT2D eigenvalue weighted by molar-refractivity contribution is 5.97. The average Bonchev–Trinajstić information content (AvgIpc) is 2.44. The zero-order valence-corrected chi connectivity index (χ0v) is 14.6. The van der Waals surface area contributed by atoms with Gasteiger partial charge in [-0.2, -0.15) is 0 Å². The second kappa shape index (κ2) is 5.11. The van der Waals surface area contributed by atoms with Crippen molar-refractivity contribution in [3.8, 4) is 5.75 Å². The van der Waals surface area contributed by atoms with Gasteiger partial charge in [-0.15, -0.1) is 0 Å². The van der Waals surface area contributed by atoms with Gasteiger partial charge in [-0.05, 0) is 72.6 Å². The summed E-state index contributed by atoms with van der Waals surface area (Å²) in [4.78, 5) is 12.0. The van der Waals surface area contributed by atoms with Gasteiger partial charge in [0.15, 0.2) is 5.78 Å². The number of carbonyl (C=O) groups excluding carboxylic acids is 1. The van der Waals surface area contributed by atoms with Crippen molar-refractivity contribution in [3.63, 3.8) is 0 Å². The molecule has 1 saturated carbocycles. The van der Waals surface area contributed by atoms with Crippen LogP contribution < -0.4 is 4.74 Å². The molecular formula is C20H28O2. The highest BCUT2D eigenvalue weighted by Crippen LogP contribution is 2.57. The van der Waals surface area contributed by atoms with Crippen LogP contribution in [0.5, 0.6) is 5.75 Å². The van der Waals surface area contributed by atoms with Crippen LogP contribution >= 0.6 is 0 Å². The predicted molar refractivity (Wildman–Crippen MR) is 89.8 cm³/mol. The first kappa shape index (κ1) is 15.6. The topological polar surface area (TPSA) is 26.3 Å². The Kier molecular flexibility index (Phi) is 3.62. The molecule has 0 amide bonds. The van der Waals surface area contributed by atoms with E-state index >= 15 is 0 Å². The highest BCUT2D eigenvalue weighted by atomic mass is 16.5. The molecule has 0 bridgehead atoms. The molecule has 0 radical (unpaired) electrons. The summed E-state index contributed by atoms with van der Waals surface area (Å²) in [5, 5.41) is 0. The van der Waals surface area contributed by atoms with Crippen molar-refractivity contribution >= 4 is 5.78 Å². The normalized spacial score (nSPS) is 29.4. The number of ether oxygens (including phenoxy) is 1. The maximum Gasteiger partial charge on any atom is 0.163 e. The number of rotatable bonds is 2. The van der Waals surface area contributed by atoms with Gasteiger partial charge in [0.25, 0.3) is 0 Å². The van der Waals surface area contributed by atoms with Crippen LogP contribution in [-0.4, -0.2) is 12.9 Å². The van der Waals surface area contributed by atoms with E-state index in [-0.39, 0.29) is 11.2 Å². The molecule has 1 aromatic carbocycles. The summed E-state index contributed by atoms with van der Waals surface area (Å²) in [5.74, 6) is 1.54. The summed E-state index contributed by atoms with van der Waals surface area (Å²) in [5.41, 5.74) is 4.12. The van der Waals surface area contributed by atoms with Crippen LogP contribution in [0.1, 0.15) is 74.9 Å². The molecule has 2 nitrogen and oxygen atoms in total. The highest BCUT2D eigenvalue weighted by Gasteiger charge is 2.49. The van der Waals surface area contributed by atoms with E-state index in [1.807, 2.05) is 0 Å². The van der Waals surface area contributed by atoms with Gasteiger partial charge >= 0.3 is 0 Å². The number of hydrogen-bond acceptors (Lipinski definition) is 2. The van der Waals surface area contributed by atoms with Crippen LogP contribution in [0, 0.1) is 11.3 Å². The summed E-state index contributed by atoms with van der Waals surface area (Å²) in [6.07, 6.45) is 6.18. The summed E-state index contributed by atoms with van der Waals surface area (Å²) in [7, 11) is 1.66. The molecule has 0 aromatic heterocycles. The molecule has 0 N–H and O–H groups in total. The molecule has 22 heavy (non-hydrogen) atoms. The lowest BCUT2D eigenvalue weighted by Crippen LogP contribution is -2.48. The van der Waals surface area contributed by atoms with E-state index in [9.17, 15) is 4.79 Å². The summed E-state index contributed by atoms with van der Waals surface area (Å²) in [6.45, 7) is 8.91. The van der Waals surface area contributed by atoms with E-state index in [0.717, 1.165) is 17.7 Å². The molecule has 2 heteroatoms. The van der Waals surface area contributed by atoms with Crippen LogP contribution in [0.15, 0.2) is 12.1 Å². The molecule has 3 rings (SSSR count). The number of fused-ring (bicyclic) bond motifs is 3. The fourth-order valence-corrected chi connectivity index (χ4v) is 5.26. The third-order valence-electron chi connectivity index (χ3n) is 6.35. The number of methoxy groups -OCH3 is 1. The summed E-state index contributed by atoms with van der Waals surface area (Å²) >= 11 is 0. The van der Waals surface area contributed by atoms with Crippen LogP contribution in [0.3, 0.4) is 0 Å². The van der Waals surface area contributed by atoms with Gasteiger partial charge in [-0.3, -0.25) is 4.79 Å². The molecule has 2 aliphatic rings. The van der Waals surface area contributed by atoms with Gasteiger partial charge in [0.1, 0.15) is 5.75 Å². The third kappa shape index (κ3) is 2.19. The fraction of sp³-hybridized carbons (Fsp3) is 0.650. The number of Topliss-reactive ketones (excluding diaryl/α,β-unsaturated/α-hetero) is 1. The lowest BCUT2D eigenvalue weighted by atomic mass is 9.50. The lowest BCUT2D eigenvalue weighted by Gasteiger charge is -2.54. The number of benzene rings is 1. The summed E-state index contributed by atoms with van der Waals surface area (Å²) < 4.78 is 5.46. The Labute approximate surface area is 134 Å². The Morgan fingerprint density at radius 2 is 1.95 bits per heavy atom. The number of carbonyl (C=O) groups is 1. The Hall–Kier alpha value is -1.31. The second-order valence-electron chi connectivity index (χ2n) is 8.12. The first-order valence-corrected chi connectivity index (χ1v) is 8.52. The van der Waals surface area contributed by atoms with Gasteiger partial charge in [-0.1, -0.05) is 27.2 Å². The Morgan fingerprint density at radius 1 is 1.23 bits per heavy atom. The first-order chi connectivity index (χ1) is 10.3. The van der Waals surface area contributed by atoms with Crippen molar-refractivity contribution in [2.24, 2.45) is 11.3 Å². The number of hydrogen-bond donors (Lipinski definition) is 0.